The van der Waals surface area contributed by atoms with Crippen molar-refractivity contribution in [3.05, 3.63) is 84.4 Å². The summed E-state index contributed by atoms with van der Waals surface area (Å²) in [4.78, 5) is 26.8. The Morgan fingerprint density at radius 2 is 1.67 bits per heavy atom. The van der Waals surface area contributed by atoms with Crippen molar-refractivity contribution < 1.29 is 18.0 Å². The molecule has 0 bridgehead atoms. The molecule has 1 saturated heterocycles. The average molecular weight is 464 g/mol. The predicted octanol–water partition coefficient (Wildman–Crippen LogP) is 3.96. The maximum absolute atomic E-state index is 13.3. The third kappa shape index (κ3) is 4.90. The summed E-state index contributed by atoms with van der Waals surface area (Å²) in [6.07, 6.45) is 1.38. The van der Waals surface area contributed by atoms with Gasteiger partial charge in [-0.2, -0.15) is 0 Å². The van der Waals surface area contributed by atoms with Crippen molar-refractivity contribution in [3.8, 4) is 0 Å². The Labute approximate surface area is 193 Å². The van der Waals surface area contributed by atoms with Gasteiger partial charge < -0.3 is 10.2 Å². The van der Waals surface area contributed by atoms with E-state index in [0.717, 1.165) is 22.0 Å². The fourth-order valence-corrected chi connectivity index (χ4v) is 5.34. The van der Waals surface area contributed by atoms with Gasteiger partial charge in [-0.15, -0.1) is 0 Å². The van der Waals surface area contributed by atoms with Crippen LogP contribution in [0.4, 0.5) is 17.1 Å². The first kappa shape index (κ1) is 22.5. The van der Waals surface area contributed by atoms with Gasteiger partial charge in [-0.25, -0.2) is 8.42 Å². The zero-order chi connectivity index (χ0) is 23.4. The van der Waals surface area contributed by atoms with Gasteiger partial charge in [0.15, 0.2) is 0 Å². The van der Waals surface area contributed by atoms with Gasteiger partial charge in [0.2, 0.25) is 11.8 Å². The van der Waals surface area contributed by atoms with Crippen LogP contribution in [0.1, 0.15) is 18.4 Å². The Kier molecular flexibility index (Phi) is 6.46. The summed E-state index contributed by atoms with van der Waals surface area (Å²) in [5.74, 6) is -0.373. The van der Waals surface area contributed by atoms with Gasteiger partial charge in [-0.1, -0.05) is 36.4 Å². The van der Waals surface area contributed by atoms with Crippen molar-refractivity contribution >= 4 is 38.9 Å². The number of para-hydroxylation sites is 1. The van der Waals surface area contributed by atoms with Crippen LogP contribution in [-0.2, 0) is 19.6 Å². The Morgan fingerprint density at radius 3 is 2.27 bits per heavy atom. The highest BCUT2D eigenvalue weighted by Crippen LogP contribution is 2.28. The minimum Gasteiger partial charge on any atom is -0.325 e. The number of sulfonamides is 1. The molecule has 0 atom stereocenters. The van der Waals surface area contributed by atoms with Crippen LogP contribution >= 0.6 is 0 Å². The minimum absolute atomic E-state index is 0.0968. The van der Waals surface area contributed by atoms with Crippen molar-refractivity contribution in [1.82, 2.24) is 0 Å². The maximum atomic E-state index is 13.3. The van der Waals surface area contributed by atoms with E-state index in [0.29, 0.717) is 24.3 Å². The van der Waals surface area contributed by atoms with Crippen molar-refractivity contribution in [3.63, 3.8) is 0 Å². The highest BCUT2D eigenvalue weighted by atomic mass is 32.2. The molecule has 3 aromatic rings. The van der Waals surface area contributed by atoms with Crippen LogP contribution in [0.2, 0.25) is 0 Å². The van der Waals surface area contributed by atoms with Crippen molar-refractivity contribution in [2.75, 3.05) is 27.6 Å². The quantitative estimate of drug-likeness (QED) is 0.575. The monoisotopic (exact) mass is 463 g/mol. The zero-order valence-electron chi connectivity index (χ0n) is 18.3. The summed E-state index contributed by atoms with van der Waals surface area (Å²) in [6.45, 7) is 2.19. The van der Waals surface area contributed by atoms with E-state index in [2.05, 4.69) is 5.32 Å². The topological polar surface area (TPSA) is 86.8 Å². The van der Waals surface area contributed by atoms with Crippen LogP contribution in [0.25, 0.3) is 0 Å². The summed E-state index contributed by atoms with van der Waals surface area (Å²) in [7, 11) is -3.95. The standard InChI is InChI=1S/C25H25N3O4S/c1-19-17-20(14-15-23(19)27-16-8-13-25(27)30)26-24(29)18-28(21-9-4-2-5-10-21)33(31,32)22-11-6-3-7-12-22/h2-7,9-12,14-15,17H,8,13,16,18H2,1H3,(H,26,29). The van der Waals surface area contributed by atoms with Gasteiger partial charge >= 0.3 is 0 Å². The van der Waals surface area contributed by atoms with Crippen LogP contribution in [0, 0.1) is 6.92 Å². The lowest BCUT2D eigenvalue weighted by atomic mass is 10.1. The van der Waals surface area contributed by atoms with E-state index in [1.165, 1.54) is 12.1 Å². The van der Waals surface area contributed by atoms with Gasteiger partial charge in [0.1, 0.15) is 6.54 Å². The Morgan fingerprint density at radius 1 is 1.00 bits per heavy atom. The number of benzene rings is 3. The first-order chi connectivity index (χ1) is 15.9. The van der Waals surface area contributed by atoms with Gasteiger partial charge in [0, 0.05) is 24.3 Å². The number of rotatable bonds is 7. The number of anilines is 3. The summed E-state index contributed by atoms with van der Waals surface area (Å²) < 4.78 is 27.7. The summed E-state index contributed by atoms with van der Waals surface area (Å²) in [5.41, 5.74) is 2.63. The Hall–Kier alpha value is -3.65. The van der Waals surface area contributed by atoms with E-state index in [1.54, 1.807) is 65.6 Å². The molecule has 33 heavy (non-hydrogen) atoms. The van der Waals surface area contributed by atoms with Crippen molar-refractivity contribution in [2.45, 2.75) is 24.7 Å². The lowest BCUT2D eigenvalue weighted by Crippen LogP contribution is -2.38. The fourth-order valence-electron chi connectivity index (χ4n) is 3.90. The Bertz CT molecular complexity index is 1260. The van der Waals surface area contributed by atoms with Crippen molar-refractivity contribution in [2.24, 2.45) is 0 Å². The first-order valence-corrected chi connectivity index (χ1v) is 12.1. The van der Waals surface area contributed by atoms with Gasteiger partial charge in [-0.05, 0) is 61.4 Å². The van der Waals surface area contributed by atoms with E-state index in [1.807, 2.05) is 13.0 Å². The number of aryl methyl sites for hydroxylation is 1. The molecule has 170 valence electrons. The molecule has 3 aromatic carbocycles. The van der Waals surface area contributed by atoms with E-state index < -0.39 is 15.9 Å². The molecular weight excluding hydrogens is 438 g/mol. The average Bonchev–Trinajstić information content (AvgIpc) is 3.24. The summed E-state index contributed by atoms with van der Waals surface area (Å²) in [6, 6.07) is 21.9. The van der Waals surface area contributed by atoms with Crippen LogP contribution in [0.15, 0.2) is 83.8 Å². The van der Waals surface area contributed by atoms with Crippen LogP contribution in [-0.4, -0.2) is 33.3 Å². The van der Waals surface area contributed by atoms with Gasteiger partial charge in [-0.3, -0.25) is 13.9 Å². The molecule has 2 amide bonds. The fraction of sp³-hybridized carbons (Fsp3) is 0.200. The first-order valence-electron chi connectivity index (χ1n) is 10.7. The smallest absolute Gasteiger partial charge is 0.264 e. The predicted molar refractivity (Wildman–Crippen MR) is 129 cm³/mol. The molecular formula is C25H25N3O4S. The molecule has 1 N–H and O–H groups in total. The molecule has 0 aromatic heterocycles. The van der Waals surface area contributed by atoms with Gasteiger partial charge in [0.05, 0.1) is 10.6 Å². The normalized spacial score (nSPS) is 13.7. The lowest BCUT2D eigenvalue weighted by Gasteiger charge is -2.24. The molecule has 0 radical (unpaired) electrons. The number of carbonyl (C=O) groups is 2. The number of nitrogens with zero attached hydrogens (tertiary/aromatic N) is 2. The van der Waals surface area contributed by atoms with E-state index in [-0.39, 0.29) is 17.3 Å². The lowest BCUT2D eigenvalue weighted by molar-refractivity contribution is -0.117. The number of carbonyl (C=O) groups excluding carboxylic acids is 2. The molecule has 1 heterocycles. The minimum atomic E-state index is -3.95. The zero-order valence-corrected chi connectivity index (χ0v) is 19.1. The van der Waals surface area contributed by atoms with Gasteiger partial charge in [0.25, 0.3) is 10.0 Å². The van der Waals surface area contributed by atoms with Crippen molar-refractivity contribution in [1.29, 1.82) is 0 Å². The number of hydrogen-bond donors (Lipinski definition) is 1. The second-order valence-corrected chi connectivity index (χ2v) is 9.72. The summed E-state index contributed by atoms with van der Waals surface area (Å²) >= 11 is 0. The van der Waals surface area contributed by atoms with E-state index in [4.69, 9.17) is 0 Å². The molecule has 1 aliphatic rings. The van der Waals surface area contributed by atoms with Crippen LogP contribution in [0.5, 0.6) is 0 Å². The molecule has 4 rings (SSSR count). The third-order valence-electron chi connectivity index (χ3n) is 5.51. The Balaban J connectivity index is 1.55. The highest BCUT2D eigenvalue weighted by Gasteiger charge is 2.27. The molecule has 7 nitrogen and oxygen atoms in total. The number of nitrogens with one attached hydrogen (secondary N) is 1. The van der Waals surface area contributed by atoms with Crippen LogP contribution in [0.3, 0.4) is 0 Å². The summed E-state index contributed by atoms with van der Waals surface area (Å²) in [5, 5.41) is 2.79. The molecule has 0 unspecified atom stereocenters. The molecule has 1 fully saturated rings. The second-order valence-electron chi connectivity index (χ2n) is 7.86. The number of amides is 2. The molecule has 0 saturated carbocycles. The molecule has 0 spiro atoms. The molecule has 0 aliphatic carbocycles. The van der Waals surface area contributed by atoms with Crippen LogP contribution < -0.4 is 14.5 Å². The molecule has 8 heteroatoms. The third-order valence-corrected chi connectivity index (χ3v) is 7.30. The largest absolute Gasteiger partial charge is 0.325 e. The molecule has 1 aliphatic heterocycles. The van der Waals surface area contributed by atoms with E-state index >= 15 is 0 Å². The maximum Gasteiger partial charge on any atom is 0.264 e. The second kappa shape index (κ2) is 9.46. The highest BCUT2D eigenvalue weighted by molar-refractivity contribution is 7.92. The SMILES string of the molecule is Cc1cc(NC(=O)CN(c2ccccc2)S(=O)(=O)c2ccccc2)ccc1N1CCCC1=O. The van der Waals surface area contributed by atoms with E-state index in [9.17, 15) is 18.0 Å². The number of hydrogen-bond acceptors (Lipinski definition) is 4.